The summed E-state index contributed by atoms with van der Waals surface area (Å²) in [5, 5.41) is 4.32. The molecule has 0 unspecified atom stereocenters. The van der Waals surface area contributed by atoms with Gasteiger partial charge >= 0.3 is 0 Å². The van der Waals surface area contributed by atoms with Gasteiger partial charge in [-0.05, 0) is 38.8 Å². The number of ether oxygens (including phenoxy) is 1. The molecule has 5 heteroatoms. The third-order valence-electron chi connectivity index (χ3n) is 3.73. The van der Waals surface area contributed by atoms with E-state index in [1.807, 2.05) is 6.20 Å². The van der Waals surface area contributed by atoms with Crippen LogP contribution in [0.4, 0.5) is 0 Å². The third kappa shape index (κ3) is 4.30. The van der Waals surface area contributed by atoms with Crippen LogP contribution in [0.3, 0.4) is 0 Å². The van der Waals surface area contributed by atoms with Crippen LogP contribution in [-0.2, 0) is 17.8 Å². The number of rotatable bonds is 7. The number of nitrogens with two attached hydrogens (primary N) is 1. The van der Waals surface area contributed by atoms with Crippen molar-refractivity contribution in [3.05, 3.63) is 18.0 Å². The highest BCUT2D eigenvalue weighted by molar-refractivity contribution is 5.00. The van der Waals surface area contributed by atoms with E-state index in [0.29, 0.717) is 6.10 Å². The van der Waals surface area contributed by atoms with Gasteiger partial charge in [0.05, 0.1) is 11.8 Å². The molecular formula is C14H26N4O. The molecule has 0 bridgehead atoms. The number of piperidine rings is 1. The molecule has 108 valence electrons. The molecule has 1 aliphatic rings. The molecule has 1 fully saturated rings. The highest BCUT2D eigenvalue weighted by Gasteiger charge is 2.20. The summed E-state index contributed by atoms with van der Waals surface area (Å²) in [7, 11) is 0. The van der Waals surface area contributed by atoms with E-state index in [-0.39, 0.29) is 0 Å². The molecule has 0 spiro atoms. The number of aromatic nitrogens is 2. The zero-order chi connectivity index (χ0) is 13.5. The first-order chi connectivity index (χ1) is 9.33. The van der Waals surface area contributed by atoms with Gasteiger partial charge < -0.3 is 10.5 Å². The fourth-order valence-corrected chi connectivity index (χ4v) is 2.58. The molecule has 0 aromatic carbocycles. The summed E-state index contributed by atoms with van der Waals surface area (Å²) in [5.74, 6) is 0. The van der Waals surface area contributed by atoms with Crippen molar-refractivity contribution in [3.63, 3.8) is 0 Å². The molecule has 1 aliphatic heterocycles. The minimum Gasteiger partial charge on any atom is -0.378 e. The molecule has 0 saturated carbocycles. The van der Waals surface area contributed by atoms with Crippen LogP contribution in [0.2, 0.25) is 0 Å². The standard InChI is InChI=1S/C14H26N4O/c1-2-18-13(4-8-16-18)12-17-9-5-14(6-10-17)19-11-3-7-15/h4,8,14H,2-3,5-7,9-12,15H2,1H3. The van der Waals surface area contributed by atoms with E-state index in [2.05, 4.69) is 27.7 Å². The van der Waals surface area contributed by atoms with Crippen molar-refractivity contribution in [3.8, 4) is 0 Å². The van der Waals surface area contributed by atoms with Crippen molar-refractivity contribution in [2.45, 2.75) is 45.4 Å². The van der Waals surface area contributed by atoms with Crippen molar-refractivity contribution in [2.75, 3.05) is 26.2 Å². The largest absolute Gasteiger partial charge is 0.378 e. The summed E-state index contributed by atoms with van der Waals surface area (Å²) in [6, 6.07) is 2.12. The molecule has 2 rings (SSSR count). The lowest BCUT2D eigenvalue weighted by atomic mass is 10.1. The Bertz CT molecular complexity index is 358. The van der Waals surface area contributed by atoms with Gasteiger partial charge in [0.2, 0.25) is 0 Å². The second-order valence-electron chi connectivity index (χ2n) is 5.13. The van der Waals surface area contributed by atoms with E-state index in [0.717, 1.165) is 58.6 Å². The van der Waals surface area contributed by atoms with Gasteiger partial charge in [0.15, 0.2) is 0 Å². The Kier molecular flexibility index (Phi) is 5.82. The van der Waals surface area contributed by atoms with Crippen LogP contribution in [0, 0.1) is 0 Å². The first-order valence-electron chi connectivity index (χ1n) is 7.38. The van der Waals surface area contributed by atoms with E-state index >= 15 is 0 Å². The van der Waals surface area contributed by atoms with Crippen LogP contribution in [-0.4, -0.2) is 47.0 Å². The maximum Gasteiger partial charge on any atom is 0.0599 e. The minimum atomic E-state index is 0.430. The van der Waals surface area contributed by atoms with Gasteiger partial charge in [-0.1, -0.05) is 0 Å². The minimum absolute atomic E-state index is 0.430. The maximum absolute atomic E-state index is 5.83. The van der Waals surface area contributed by atoms with E-state index < -0.39 is 0 Å². The molecule has 2 N–H and O–H groups in total. The topological polar surface area (TPSA) is 56.3 Å². The Balaban J connectivity index is 1.71. The first-order valence-corrected chi connectivity index (χ1v) is 7.38. The normalized spacial score (nSPS) is 18.0. The SMILES string of the molecule is CCn1nccc1CN1CCC(OCCCN)CC1. The molecule has 0 aliphatic carbocycles. The second-order valence-corrected chi connectivity index (χ2v) is 5.13. The molecule has 0 amide bonds. The average Bonchev–Trinajstić information content (AvgIpc) is 2.88. The zero-order valence-corrected chi connectivity index (χ0v) is 11.9. The van der Waals surface area contributed by atoms with Gasteiger partial charge in [-0.3, -0.25) is 9.58 Å². The molecule has 1 saturated heterocycles. The Morgan fingerprint density at radius 1 is 1.42 bits per heavy atom. The third-order valence-corrected chi connectivity index (χ3v) is 3.73. The average molecular weight is 266 g/mol. The number of aryl methyl sites for hydroxylation is 1. The van der Waals surface area contributed by atoms with E-state index in [4.69, 9.17) is 10.5 Å². The van der Waals surface area contributed by atoms with Crippen LogP contribution in [0.15, 0.2) is 12.3 Å². The van der Waals surface area contributed by atoms with Crippen LogP contribution in [0.25, 0.3) is 0 Å². The predicted molar refractivity (Wildman–Crippen MR) is 75.8 cm³/mol. The number of hydrogen-bond acceptors (Lipinski definition) is 4. The summed E-state index contributed by atoms with van der Waals surface area (Å²) in [6.45, 7) is 7.84. The zero-order valence-electron chi connectivity index (χ0n) is 11.9. The smallest absolute Gasteiger partial charge is 0.0599 e. The summed E-state index contributed by atoms with van der Waals surface area (Å²) in [5.41, 5.74) is 6.78. The molecule has 1 aromatic heterocycles. The Hall–Kier alpha value is -0.910. The number of hydrogen-bond donors (Lipinski definition) is 1. The lowest BCUT2D eigenvalue weighted by Gasteiger charge is -2.31. The lowest BCUT2D eigenvalue weighted by molar-refractivity contribution is 0.00517. The van der Waals surface area contributed by atoms with Crippen molar-refractivity contribution in [2.24, 2.45) is 5.73 Å². The molecule has 19 heavy (non-hydrogen) atoms. The van der Waals surface area contributed by atoms with Crippen LogP contribution < -0.4 is 5.73 Å². The summed E-state index contributed by atoms with van der Waals surface area (Å²) < 4.78 is 7.90. The highest BCUT2D eigenvalue weighted by atomic mass is 16.5. The Morgan fingerprint density at radius 3 is 2.89 bits per heavy atom. The van der Waals surface area contributed by atoms with Crippen LogP contribution >= 0.6 is 0 Å². The monoisotopic (exact) mass is 266 g/mol. The predicted octanol–water partition coefficient (Wildman–Crippen LogP) is 1.23. The summed E-state index contributed by atoms with van der Waals surface area (Å²) >= 11 is 0. The molecule has 2 heterocycles. The fourth-order valence-electron chi connectivity index (χ4n) is 2.58. The molecule has 0 atom stereocenters. The van der Waals surface area contributed by atoms with E-state index in [1.165, 1.54) is 5.69 Å². The Labute approximate surface area is 115 Å². The molecule has 1 aromatic rings. The number of nitrogens with zero attached hydrogens (tertiary/aromatic N) is 3. The van der Waals surface area contributed by atoms with Gasteiger partial charge in [-0.2, -0.15) is 5.10 Å². The van der Waals surface area contributed by atoms with Gasteiger partial charge in [-0.25, -0.2) is 0 Å². The quantitative estimate of drug-likeness (QED) is 0.754. The van der Waals surface area contributed by atoms with Crippen molar-refractivity contribution >= 4 is 0 Å². The van der Waals surface area contributed by atoms with Crippen LogP contribution in [0.5, 0.6) is 0 Å². The summed E-state index contributed by atoms with van der Waals surface area (Å²) in [6.07, 6.45) is 5.55. The van der Waals surface area contributed by atoms with E-state index in [1.54, 1.807) is 0 Å². The maximum atomic E-state index is 5.83. The van der Waals surface area contributed by atoms with E-state index in [9.17, 15) is 0 Å². The highest BCUT2D eigenvalue weighted by Crippen LogP contribution is 2.16. The van der Waals surface area contributed by atoms with Crippen molar-refractivity contribution < 1.29 is 4.74 Å². The second kappa shape index (κ2) is 7.62. The Morgan fingerprint density at radius 2 is 2.21 bits per heavy atom. The first kappa shape index (κ1) is 14.5. The van der Waals surface area contributed by atoms with Crippen molar-refractivity contribution in [1.82, 2.24) is 14.7 Å². The number of likely N-dealkylation sites (tertiary alicyclic amines) is 1. The fraction of sp³-hybridized carbons (Fsp3) is 0.786. The van der Waals surface area contributed by atoms with Gasteiger partial charge in [0.1, 0.15) is 0 Å². The molecule has 5 nitrogen and oxygen atoms in total. The lowest BCUT2D eigenvalue weighted by Crippen LogP contribution is -2.37. The van der Waals surface area contributed by atoms with Crippen molar-refractivity contribution in [1.29, 1.82) is 0 Å². The van der Waals surface area contributed by atoms with Crippen LogP contribution in [0.1, 0.15) is 31.9 Å². The van der Waals surface area contributed by atoms with Gasteiger partial charge in [0, 0.05) is 39.0 Å². The van der Waals surface area contributed by atoms with Gasteiger partial charge in [-0.15, -0.1) is 0 Å². The molecule has 0 radical (unpaired) electrons. The summed E-state index contributed by atoms with van der Waals surface area (Å²) in [4.78, 5) is 2.49. The molecular weight excluding hydrogens is 240 g/mol. The van der Waals surface area contributed by atoms with Gasteiger partial charge in [0.25, 0.3) is 0 Å².